The Labute approximate surface area is 175 Å². The van der Waals surface area contributed by atoms with Crippen molar-refractivity contribution in [3.05, 3.63) is 53.1 Å². The predicted octanol–water partition coefficient (Wildman–Crippen LogP) is 4.20. The summed E-state index contributed by atoms with van der Waals surface area (Å²) in [5.74, 6) is 0.834. The van der Waals surface area contributed by atoms with Crippen LogP contribution in [-0.2, 0) is 11.2 Å². The fourth-order valence-electron chi connectivity index (χ4n) is 3.57. The summed E-state index contributed by atoms with van der Waals surface area (Å²) in [6, 6.07) is 12.4. The Morgan fingerprint density at radius 2 is 1.93 bits per heavy atom. The summed E-state index contributed by atoms with van der Waals surface area (Å²) in [7, 11) is 0. The highest BCUT2D eigenvalue weighted by Gasteiger charge is 2.23. The Bertz CT molecular complexity index is 1020. The van der Waals surface area contributed by atoms with Crippen LogP contribution in [0.4, 0.5) is 5.13 Å². The van der Waals surface area contributed by atoms with Gasteiger partial charge in [-0.1, -0.05) is 36.5 Å². The van der Waals surface area contributed by atoms with Crippen molar-refractivity contribution in [2.24, 2.45) is 0 Å². The standard InChI is InChI=1S/C23H27N3O2S/c1-4-18-8-9-19-21(14-18)29-23(24-19)26-12-10-25(11-13-26)22(27)15-28-20-7-5-6-16(2)17(20)3/h5-9,14H,4,10-13,15H2,1-3H3. The number of aryl methyl sites for hydroxylation is 2. The van der Waals surface area contributed by atoms with Crippen LogP contribution in [0.25, 0.3) is 10.2 Å². The highest BCUT2D eigenvalue weighted by atomic mass is 32.1. The molecular weight excluding hydrogens is 382 g/mol. The Balaban J connectivity index is 1.34. The fourth-order valence-corrected chi connectivity index (χ4v) is 4.65. The summed E-state index contributed by atoms with van der Waals surface area (Å²) in [5, 5.41) is 1.05. The van der Waals surface area contributed by atoms with Crippen molar-refractivity contribution < 1.29 is 9.53 Å². The lowest BCUT2D eigenvalue weighted by atomic mass is 10.1. The molecule has 6 heteroatoms. The number of nitrogens with zero attached hydrogens (tertiary/aromatic N) is 3. The maximum Gasteiger partial charge on any atom is 0.260 e. The van der Waals surface area contributed by atoms with E-state index in [1.165, 1.54) is 15.8 Å². The van der Waals surface area contributed by atoms with Crippen LogP contribution in [-0.4, -0.2) is 48.6 Å². The lowest BCUT2D eigenvalue weighted by Crippen LogP contribution is -2.50. The topological polar surface area (TPSA) is 45.7 Å². The maximum atomic E-state index is 12.6. The molecule has 1 saturated heterocycles. The second-order valence-electron chi connectivity index (χ2n) is 7.51. The number of piperazine rings is 1. The molecule has 1 aliphatic heterocycles. The molecule has 0 saturated carbocycles. The van der Waals surface area contributed by atoms with E-state index in [-0.39, 0.29) is 12.5 Å². The van der Waals surface area contributed by atoms with Gasteiger partial charge < -0.3 is 14.5 Å². The average molecular weight is 410 g/mol. The third-order valence-electron chi connectivity index (χ3n) is 5.66. The van der Waals surface area contributed by atoms with E-state index in [4.69, 9.17) is 9.72 Å². The van der Waals surface area contributed by atoms with Crippen molar-refractivity contribution in [2.45, 2.75) is 27.2 Å². The number of carbonyl (C=O) groups is 1. The van der Waals surface area contributed by atoms with Gasteiger partial charge in [-0.2, -0.15) is 0 Å². The van der Waals surface area contributed by atoms with Crippen LogP contribution in [0.1, 0.15) is 23.6 Å². The van der Waals surface area contributed by atoms with E-state index in [0.717, 1.165) is 41.5 Å². The summed E-state index contributed by atoms with van der Waals surface area (Å²) >= 11 is 1.74. The van der Waals surface area contributed by atoms with Crippen LogP contribution in [0.3, 0.4) is 0 Å². The molecule has 0 bridgehead atoms. The summed E-state index contributed by atoms with van der Waals surface area (Å²) in [4.78, 5) is 21.6. The van der Waals surface area contributed by atoms with Gasteiger partial charge in [-0.3, -0.25) is 4.79 Å². The molecule has 2 aromatic carbocycles. The number of thiazole rings is 1. The summed E-state index contributed by atoms with van der Waals surface area (Å²) in [6.45, 7) is 9.33. The molecule has 29 heavy (non-hydrogen) atoms. The molecule has 1 aliphatic rings. The summed E-state index contributed by atoms with van der Waals surface area (Å²) in [5.41, 5.74) is 4.66. The number of hydrogen-bond donors (Lipinski definition) is 0. The zero-order valence-corrected chi connectivity index (χ0v) is 18.1. The summed E-state index contributed by atoms with van der Waals surface area (Å²) in [6.07, 6.45) is 1.04. The van der Waals surface area contributed by atoms with Gasteiger partial charge in [-0.25, -0.2) is 4.98 Å². The molecule has 0 atom stereocenters. The highest BCUT2D eigenvalue weighted by molar-refractivity contribution is 7.22. The fraction of sp³-hybridized carbons (Fsp3) is 0.391. The van der Waals surface area contributed by atoms with Gasteiger partial charge in [0.1, 0.15) is 5.75 Å². The van der Waals surface area contributed by atoms with E-state index in [1.807, 2.05) is 36.9 Å². The van der Waals surface area contributed by atoms with Crippen molar-refractivity contribution in [2.75, 3.05) is 37.7 Å². The molecule has 0 N–H and O–H groups in total. The van der Waals surface area contributed by atoms with Crippen LogP contribution in [0, 0.1) is 13.8 Å². The molecule has 0 spiro atoms. The van der Waals surface area contributed by atoms with Gasteiger partial charge in [-0.05, 0) is 55.2 Å². The lowest BCUT2D eigenvalue weighted by Gasteiger charge is -2.34. The molecule has 5 nitrogen and oxygen atoms in total. The van der Waals surface area contributed by atoms with Crippen molar-refractivity contribution in [3.8, 4) is 5.75 Å². The predicted molar refractivity (Wildman–Crippen MR) is 119 cm³/mol. The Kier molecular flexibility index (Phi) is 5.72. The average Bonchev–Trinajstić information content (AvgIpc) is 3.18. The minimum atomic E-state index is 0.0439. The van der Waals surface area contributed by atoms with Gasteiger partial charge in [-0.15, -0.1) is 0 Å². The van der Waals surface area contributed by atoms with Crippen LogP contribution < -0.4 is 9.64 Å². The Morgan fingerprint density at radius 3 is 2.69 bits per heavy atom. The third-order valence-corrected chi connectivity index (χ3v) is 6.74. The first kappa shape index (κ1) is 19.7. The zero-order valence-electron chi connectivity index (χ0n) is 17.3. The molecule has 0 radical (unpaired) electrons. The monoisotopic (exact) mass is 409 g/mol. The van der Waals surface area contributed by atoms with Crippen LogP contribution >= 0.6 is 11.3 Å². The lowest BCUT2D eigenvalue weighted by molar-refractivity contribution is -0.133. The van der Waals surface area contributed by atoms with Gasteiger partial charge in [0.2, 0.25) is 0 Å². The van der Waals surface area contributed by atoms with Gasteiger partial charge in [0.15, 0.2) is 11.7 Å². The number of aromatic nitrogens is 1. The van der Waals surface area contributed by atoms with Gasteiger partial charge in [0.05, 0.1) is 10.2 Å². The maximum absolute atomic E-state index is 12.6. The largest absolute Gasteiger partial charge is 0.483 e. The van der Waals surface area contributed by atoms with Crippen molar-refractivity contribution in [3.63, 3.8) is 0 Å². The first-order valence-corrected chi connectivity index (χ1v) is 11.0. The van der Waals surface area contributed by atoms with E-state index in [1.54, 1.807) is 11.3 Å². The number of benzene rings is 2. The molecular formula is C23H27N3O2S. The second kappa shape index (κ2) is 8.41. The molecule has 0 aliphatic carbocycles. The van der Waals surface area contributed by atoms with Crippen molar-refractivity contribution in [1.82, 2.24) is 9.88 Å². The molecule has 0 unspecified atom stereocenters. The number of amides is 1. The van der Waals surface area contributed by atoms with Gasteiger partial charge in [0, 0.05) is 26.2 Å². The molecule has 1 aromatic heterocycles. The molecule has 1 fully saturated rings. The van der Waals surface area contributed by atoms with Crippen molar-refractivity contribution in [1.29, 1.82) is 0 Å². The van der Waals surface area contributed by atoms with Crippen molar-refractivity contribution >= 4 is 32.6 Å². The van der Waals surface area contributed by atoms with Crippen LogP contribution in [0.5, 0.6) is 5.75 Å². The molecule has 4 rings (SSSR count). The first-order valence-electron chi connectivity index (χ1n) is 10.2. The smallest absolute Gasteiger partial charge is 0.260 e. The number of ether oxygens (including phenoxy) is 1. The normalized spacial score (nSPS) is 14.4. The van der Waals surface area contributed by atoms with Crippen LogP contribution in [0.2, 0.25) is 0 Å². The Morgan fingerprint density at radius 1 is 1.14 bits per heavy atom. The zero-order chi connectivity index (χ0) is 20.4. The number of anilines is 1. The SMILES string of the molecule is CCc1ccc2nc(N3CCN(C(=O)COc4cccc(C)c4C)CC3)sc2c1. The van der Waals surface area contributed by atoms with Gasteiger partial charge >= 0.3 is 0 Å². The summed E-state index contributed by atoms with van der Waals surface area (Å²) < 4.78 is 7.03. The third kappa shape index (κ3) is 4.22. The highest BCUT2D eigenvalue weighted by Crippen LogP contribution is 2.30. The number of fused-ring (bicyclic) bond motifs is 1. The molecule has 1 amide bonds. The van der Waals surface area contributed by atoms with E-state index >= 15 is 0 Å². The number of hydrogen-bond acceptors (Lipinski definition) is 5. The molecule has 152 valence electrons. The van der Waals surface area contributed by atoms with Crippen LogP contribution in [0.15, 0.2) is 36.4 Å². The second-order valence-corrected chi connectivity index (χ2v) is 8.52. The van der Waals surface area contributed by atoms with E-state index < -0.39 is 0 Å². The van der Waals surface area contributed by atoms with Gasteiger partial charge in [0.25, 0.3) is 5.91 Å². The quantitative estimate of drug-likeness (QED) is 0.633. The van der Waals surface area contributed by atoms with E-state index in [9.17, 15) is 4.79 Å². The minimum absolute atomic E-state index is 0.0439. The molecule has 3 aromatic rings. The molecule has 2 heterocycles. The number of rotatable bonds is 5. The van der Waals surface area contributed by atoms with E-state index in [2.05, 4.69) is 30.0 Å². The minimum Gasteiger partial charge on any atom is -0.483 e. The number of carbonyl (C=O) groups excluding carboxylic acids is 1. The first-order chi connectivity index (χ1) is 14.0. The van der Waals surface area contributed by atoms with E-state index in [0.29, 0.717) is 13.1 Å². The Hall–Kier alpha value is -2.60.